The lowest BCUT2D eigenvalue weighted by molar-refractivity contribution is -0.141. The molecule has 0 spiro atoms. The maximum atomic E-state index is 13.3. The Hall–Kier alpha value is -1.63. The molecule has 33 heavy (non-hydrogen) atoms. The van der Waals surface area contributed by atoms with Crippen LogP contribution in [0.1, 0.15) is 69.7 Å². The van der Waals surface area contributed by atoms with Gasteiger partial charge in [-0.15, -0.1) is 0 Å². The van der Waals surface area contributed by atoms with E-state index in [9.17, 15) is 18.0 Å². The van der Waals surface area contributed by atoms with Gasteiger partial charge in [0.1, 0.15) is 5.69 Å². The monoisotopic (exact) mass is 463 g/mol. The number of halogens is 3. The summed E-state index contributed by atoms with van der Waals surface area (Å²) in [6.07, 6.45) is 4.88. The topological polar surface area (TPSA) is 45.2 Å². The van der Waals surface area contributed by atoms with Crippen molar-refractivity contribution in [3.8, 4) is 0 Å². The van der Waals surface area contributed by atoms with E-state index in [4.69, 9.17) is 0 Å². The van der Waals surface area contributed by atoms with Crippen molar-refractivity contribution < 1.29 is 18.0 Å². The number of carbonyl (C=O) groups excluding carboxylic acids is 1. The molecule has 1 aromatic heterocycles. The van der Waals surface area contributed by atoms with Gasteiger partial charge >= 0.3 is 6.18 Å². The van der Waals surface area contributed by atoms with Gasteiger partial charge in [0.05, 0.1) is 5.69 Å². The molecule has 0 aromatic carbocycles. The van der Waals surface area contributed by atoms with Crippen molar-refractivity contribution in [1.29, 1.82) is 0 Å². The van der Waals surface area contributed by atoms with Gasteiger partial charge in [0, 0.05) is 18.5 Å². The molecule has 4 nitrogen and oxygen atoms in total. The van der Waals surface area contributed by atoms with Crippen LogP contribution in [0.2, 0.25) is 0 Å². The van der Waals surface area contributed by atoms with Gasteiger partial charge < -0.3 is 5.32 Å². The van der Waals surface area contributed by atoms with E-state index >= 15 is 0 Å². The van der Waals surface area contributed by atoms with E-state index in [0.717, 1.165) is 50.3 Å². The fourth-order valence-electron chi connectivity index (χ4n) is 7.63. The lowest BCUT2D eigenvalue weighted by Gasteiger charge is -2.54. The number of likely N-dealkylation sites (tertiary alicyclic amines) is 1. The Morgan fingerprint density at radius 3 is 2.30 bits per heavy atom. The Morgan fingerprint density at radius 1 is 1.09 bits per heavy atom. The zero-order valence-electron chi connectivity index (χ0n) is 19.5. The van der Waals surface area contributed by atoms with Crippen molar-refractivity contribution in [2.24, 2.45) is 35.5 Å². The minimum absolute atomic E-state index is 0.0380. The summed E-state index contributed by atoms with van der Waals surface area (Å²) in [6, 6.07) is 4.49. The van der Waals surface area contributed by atoms with Crippen LogP contribution in [0, 0.1) is 35.5 Å². The average molecular weight is 464 g/mol. The molecular weight excluding hydrogens is 427 g/mol. The molecule has 1 amide bonds. The molecule has 1 aromatic rings. The Morgan fingerprint density at radius 2 is 1.73 bits per heavy atom. The summed E-state index contributed by atoms with van der Waals surface area (Å²) in [4.78, 5) is 19.3. The first-order chi connectivity index (χ1) is 15.8. The van der Waals surface area contributed by atoms with Crippen LogP contribution in [-0.4, -0.2) is 34.9 Å². The molecule has 4 saturated carbocycles. The predicted octanol–water partition coefficient (Wildman–Crippen LogP) is 5.28. The molecule has 1 N–H and O–H groups in total. The maximum absolute atomic E-state index is 13.3. The molecule has 4 bridgehead atoms. The average Bonchev–Trinajstić information content (AvgIpc) is 2.77. The second-order valence-corrected chi connectivity index (χ2v) is 11.1. The molecule has 5 fully saturated rings. The number of rotatable bonds is 6. The van der Waals surface area contributed by atoms with E-state index in [1.54, 1.807) is 6.07 Å². The molecule has 182 valence electrons. The van der Waals surface area contributed by atoms with Crippen molar-refractivity contribution in [1.82, 2.24) is 15.2 Å². The first-order valence-corrected chi connectivity index (χ1v) is 12.9. The number of pyridine rings is 1. The summed E-state index contributed by atoms with van der Waals surface area (Å²) in [5.41, 5.74) is -0.377. The number of carbonyl (C=O) groups is 1. The number of aromatic nitrogens is 1. The molecule has 1 unspecified atom stereocenters. The molecule has 5 aliphatic rings. The number of piperidine rings is 1. The van der Waals surface area contributed by atoms with Crippen LogP contribution >= 0.6 is 0 Å². The van der Waals surface area contributed by atoms with Crippen LogP contribution in [0.25, 0.3) is 0 Å². The molecule has 4 aliphatic carbocycles. The highest BCUT2D eigenvalue weighted by Crippen LogP contribution is 2.53. The summed E-state index contributed by atoms with van der Waals surface area (Å²) in [7, 11) is 0. The SMILES string of the molecule is CCC(C(=O)NC1[C@H]2C[C@@H]3C[C@@H](C[C@H]1C3)C2)C1CCN(Cc2cccc(C(F)(F)F)n2)CC1. The Balaban J connectivity index is 1.14. The third-order valence-corrected chi connectivity index (χ3v) is 9.00. The number of hydrogen-bond acceptors (Lipinski definition) is 3. The Labute approximate surface area is 194 Å². The van der Waals surface area contributed by atoms with Crippen LogP contribution in [-0.2, 0) is 17.5 Å². The number of amides is 1. The summed E-state index contributed by atoms with van der Waals surface area (Å²) in [5.74, 6) is 3.80. The Kier molecular flexibility index (Phi) is 6.45. The fourth-order valence-corrected chi connectivity index (χ4v) is 7.63. The van der Waals surface area contributed by atoms with Gasteiger partial charge in [0.25, 0.3) is 0 Å². The van der Waals surface area contributed by atoms with Crippen molar-refractivity contribution in [3.05, 3.63) is 29.6 Å². The van der Waals surface area contributed by atoms with Crippen LogP contribution < -0.4 is 5.32 Å². The summed E-state index contributed by atoms with van der Waals surface area (Å²) >= 11 is 0. The molecule has 0 radical (unpaired) electrons. The maximum Gasteiger partial charge on any atom is 0.433 e. The van der Waals surface area contributed by atoms with Crippen LogP contribution in [0.5, 0.6) is 0 Å². The van der Waals surface area contributed by atoms with Gasteiger partial charge in [0.15, 0.2) is 0 Å². The Bertz CT molecular complexity index is 821. The van der Waals surface area contributed by atoms with E-state index < -0.39 is 11.9 Å². The predicted molar refractivity (Wildman–Crippen MR) is 120 cm³/mol. The third kappa shape index (κ3) is 4.94. The van der Waals surface area contributed by atoms with E-state index in [2.05, 4.69) is 22.1 Å². The zero-order valence-corrected chi connectivity index (χ0v) is 19.5. The number of alkyl halides is 3. The molecule has 1 aliphatic heterocycles. The third-order valence-electron chi connectivity index (χ3n) is 9.00. The van der Waals surface area contributed by atoms with Crippen molar-refractivity contribution in [2.75, 3.05) is 13.1 Å². The van der Waals surface area contributed by atoms with Gasteiger partial charge in [-0.25, -0.2) is 4.98 Å². The van der Waals surface area contributed by atoms with Crippen LogP contribution in [0.4, 0.5) is 13.2 Å². The van der Waals surface area contributed by atoms with Crippen LogP contribution in [0.3, 0.4) is 0 Å². The van der Waals surface area contributed by atoms with E-state index in [1.807, 2.05) is 0 Å². The molecule has 2 heterocycles. The van der Waals surface area contributed by atoms with Crippen molar-refractivity contribution in [2.45, 2.75) is 77.1 Å². The highest BCUT2D eigenvalue weighted by atomic mass is 19.4. The normalized spacial score (nSPS) is 33.3. The van der Waals surface area contributed by atoms with Gasteiger partial charge in [-0.05, 0) is 106 Å². The number of nitrogens with one attached hydrogen (secondary N) is 1. The first kappa shape index (κ1) is 23.1. The number of hydrogen-bond donors (Lipinski definition) is 1. The van der Waals surface area contributed by atoms with Crippen LogP contribution in [0.15, 0.2) is 18.2 Å². The molecular formula is C26H36F3N3O. The smallest absolute Gasteiger partial charge is 0.353 e. The second-order valence-electron chi connectivity index (χ2n) is 11.1. The highest BCUT2D eigenvalue weighted by Gasteiger charge is 2.49. The van der Waals surface area contributed by atoms with Crippen molar-refractivity contribution >= 4 is 5.91 Å². The lowest BCUT2D eigenvalue weighted by atomic mass is 9.54. The molecule has 6 rings (SSSR count). The summed E-state index contributed by atoms with van der Waals surface area (Å²) in [5, 5.41) is 3.51. The first-order valence-electron chi connectivity index (χ1n) is 12.9. The van der Waals surface area contributed by atoms with Gasteiger partial charge in [-0.2, -0.15) is 13.2 Å². The fraction of sp³-hybridized carbons (Fsp3) is 0.769. The largest absolute Gasteiger partial charge is 0.433 e. The zero-order chi connectivity index (χ0) is 23.2. The van der Waals surface area contributed by atoms with E-state index in [0.29, 0.717) is 36.0 Å². The lowest BCUT2D eigenvalue weighted by Crippen LogP contribution is -2.57. The highest BCUT2D eigenvalue weighted by molar-refractivity contribution is 5.79. The van der Waals surface area contributed by atoms with Gasteiger partial charge in [-0.3, -0.25) is 9.69 Å². The number of nitrogens with zero attached hydrogens (tertiary/aromatic N) is 2. The quantitative estimate of drug-likeness (QED) is 0.624. The molecule has 7 heteroatoms. The van der Waals surface area contributed by atoms with Gasteiger partial charge in [-0.1, -0.05) is 13.0 Å². The minimum Gasteiger partial charge on any atom is -0.353 e. The molecule has 1 atom stereocenters. The van der Waals surface area contributed by atoms with E-state index in [1.165, 1.54) is 38.2 Å². The van der Waals surface area contributed by atoms with Crippen molar-refractivity contribution in [3.63, 3.8) is 0 Å². The summed E-state index contributed by atoms with van der Waals surface area (Å²) in [6.45, 7) is 4.13. The summed E-state index contributed by atoms with van der Waals surface area (Å²) < 4.78 is 38.9. The van der Waals surface area contributed by atoms with Gasteiger partial charge in [0.2, 0.25) is 5.91 Å². The molecule has 1 saturated heterocycles. The second kappa shape index (κ2) is 9.20. The minimum atomic E-state index is -4.41. The standard InChI is InChI=1S/C26H36F3N3O/c1-2-22(25(33)31-24-19-11-16-10-17(13-19)14-20(24)12-16)18-6-8-32(9-7-18)15-21-4-3-5-23(30-21)26(27,28)29/h3-5,16-20,22,24H,2,6-15H2,1H3,(H,31,33)/t16-,17+,19-,20+,22?,24?. The van der Waals surface area contributed by atoms with E-state index in [-0.39, 0.29) is 11.8 Å².